The van der Waals surface area contributed by atoms with Crippen LogP contribution in [0.25, 0.3) is 0 Å². The SMILES string of the molecule is CN(C)C[CH]NC=O. The van der Waals surface area contributed by atoms with Gasteiger partial charge in [0.25, 0.3) is 0 Å². The second-order valence-corrected chi connectivity index (χ2v) is 1.75. The summed E-state index contributed by atoms with van der Waals surface area (Å²) in [6.07, 6.45) is 0.656. The van der Waals surface area contributed by atoms with E-state index in [0.29, 0.717) is 6.41 Å². The molecule has 1 N–H and O–H groups in total. The number of hydrogen-bond acceptors (Lipinski definition) is 2. The topological polar surface area (TPSA) is 32.3 Å². The molecule has 0 aromatic heterocycles. The van der Waals surface area contributed by atoms with Crippen LogP contribution in [0.1, 0.15) is 0 Å². The first-order chi connectivity index (χ1) is 3.77. The van der Waals surface area contributed by atoms with Crippen molar-refractivity contribution in [2.24, 2.45) is 0 Å². The highest BCUT2D eigenvalue weighted by Gasteiger charge is 1.85. The number of rotatable bonds is 4. The molecule has 0 aliphatic heterocycles. The number of nitrogens with one attached hydrogen (secondary N) is 1. The van der Waals surface area contributed by atoms with E-state index in [9.17, 15) is 4.79 Å². The molecule has 0 unspecified atom stereocenters. The minimum atomic E-state index is 0.656. The maximum atomic E-state index is 9.63. The predicted molar refractivity (Wildman–Crippen MR) is 32.1 cm³/mol. The van der Waals surface area contributed by atoms with Gasteiger partial charge in [-0.15, -0.1) is 0 Å². The van der Waals surface area contributed by atoms with Gasteiger partial charge in [0.05, 0.1) is 6.54 Å². The van der Waals surface area contributed by atoms with Crippen molar-refractivity contribution in [3.05, 3.63) is 6.54 Å². The highest BCUT2D eigenvalue weighted by Crippen LogP contribution is 1.72. The normalized spacial score (nSPS) is 9.38. The lowest BCUT2D eigenvalue weighted by Crippen LogP contribution is -2.20. The number of carbonyl (C=O) groups excluding carboxylic acids is 1. The molecule has 8 heavy (non-hydrogen) atoms. The zero-order valence-electron chi connectivity index (χ0n) is 5.22. The molecule has 0 aromatic carbocycles. The Morgan fingerprint density at radius 1 is 1.62 bits per heavy atom. The van der Waals surface area contributed by atoms with E-state index in [-0.39, 0.29) is 0 Å². The van der Waals surface area contributed by atoms with E-state index in [1.165, 1.54) is 0 Å². The van der Waals surface area contributed by atoms with Gasteiger partial charge in [0.2, 0.25) is 6.41 Å². The van der Waals surface area contributed by atoms with Crippen molar-refractivity contribution in [1.82, 2.24) is 10.2 Å². The van der Waals surface area contributed by atoms with Crippen molar-refractivity contribution in [2.75, 3.05) is 20.6 Å². The maximum absolute atomic E-state index is 9.63. The fraction of sp³-hybridized carbons (Fsp3) is 0.600. The molecule has 1 radical (unpaired) electrons. The first-order valence-electron chi connectivity index (χ1n) is 2.43. The van der Waals surface area contributed by atoms with Crippen LogP contribution in [0.15, 0.2) is 0 Å². The summed E-state index contributed by atoms with van der Waals surface area (Å²) in [7, 11) is 3.87. The smallest absolute Gasteiger partial charge is 0.207 e. The van der Waals surface area contributed by atoms with E-state index >= 15 is 0 Å². The number of nitrogens with zero attached hydrogens (tertiary/aromatic N) is 1. The van der Waals surface area contributed by atoms with Crippen molar-refractivity contribution in [3.8, 4) is 0 Å². The van der Waals surface area contributed by atoms with Gasteiger partial charge in [-0.05, 0) is 14.1 Å². The minimum Gasteiger partial charge on any atom is -0.353 e. The number of amides is 1. The van der Waals surface area contributed by atoms with Gasteiger partial charge in [-0.25, -0.2) is 0 Å². The summed E-state index contributed by atoms with van der Waals surface area (Å²) in [4.78, 5) is 11.6. The average Bonchev–Trinajstić information content (AvgIpc) is 1.66. The second kappa shape index (κ2) is 4.59. The summed E-state index contributed by atoms with van der Waals surface area (Å²) in [5.74, 6) is 0. The Labute approximate surface area is 49.7 Å². The standard InChI is InChI=1S/C5H11N2O/c1-7(2)4-3-6-5-8/h3,5H,4H2,1-2H3,(H,6,8). The second-order valence-electron chi connectivity index (χ2n) is 1.75. The zero-order valence-corrected chi connectivity index (χ0v) is 5.22. The molecular weight excluding hydrogens is 104 g/mol. The molecule has 0 bridgehead atoms. The summed E-state index contributed by atoms with van der Waals surface area (Å²) in [6, 6.07) is 0. The third kappa shape index (κ3) is 5.43. The molecule has 0 saturated carbocycles. The molecule has 0 heterocycles. The van der Waals surface area contributed by atoms with Crippen molar-refractivity contribution in [2.45, 2.75) is 0 Å². The summed E-state index contributed by atoms with van der Waals surface area (Å²) in [5, 5.41) is 2.43. The van der Waals surface area contributed by atoms with Gasteiger partial charge in [-0.2, -0.15) is 0 Å². The minimum absolute atomic E-state index is 0.656. The summed E-state index contributed by atoms with van der Waals surface area (Å²) in [5.41, 5.74) is 0. The lowest BCUT2D eigenvalue weighted by molar-refractivity contribution is -0.109. The van der Waals surface area contributed by atoms with Gasteiger partial charge < -0.3 is 10.2 Å². The monoisotopic (exact) mass is 115 g/mol. The molecule has 47 valence electrons. The van der Waals surface area contributed by atoms with Crippen LogP contribution in [0.2, 0.25) is 0 Å². The highest BCUT2D eigenvalue weighted by molar-refractivity contribution is 5.46. The van der Waals surface area contributed by atoms with Crippen LogP contribution >= 0.6 is 0 Å². The number of likely N-dealkylation sites (N-methyl/N-ethyl adjacent to an activating group) is 1. The summed E-state index contributed by atoms with van der Waals surface area (Å²) in [6.45, 7) is 2.46. The van der Waals surface area contributed by atoms with E-state index < -0.39 is 0 Å². The van der Waals surface area contributed by atoms with Gasteiger partial charge in [0.1, 0.15) is 0 Å². The molecule has 3 nitrogen and oxygen atoms in total. The van der Waals surface area contributed by atoms with Crippen LogP contribution in [0.4, 0.5) is 0 Å². The first-order valence-corrected chi connectivity index (χ1v) is 2.43. The molecule has 0 fully saturated rings. The Morgan fingerprint density at radius 2 is 2.25 bits per heavy atom. The maximum Gasteiger partial charge on any atom is 0.207 e. The van der Waals surface area contributed by atoms with Gasteiger partial charge >= 0.3 is 0 Å². The third-order valence-corrected chi connectivity index (χ3v) is 0.642. The predicted octanol–water partition coefficient (Wildman–Crippen LogP) is -0.544. The van der Waals surface area contributed by atoms with Crippen LogP contribution < -0.4 is 5.32 Å². The van der Waals surface area contributed by atoms with Gasteiger partial charge in [0, 0.05) is 6.54 Å². The highest BCUT2D eigenvalue weighted by atomic mass is 16.1. The van der Waals surface area contributed by atoms with Crippen molar-refractivity contribution in [1.29, 1.82) is 0 Å². The zero-order chi connectivity index (χ0) is 6.41. The van der Waals surface area contributed by atoms with Gasteiger partial charge in [-0.1, -0.05) is 0 Å². The summed E-state index contributed by atoms with van der Waals surface area (Å²) >= 11 is 0. The molecule has 0 saturated heterocycles. The largest absolute Gasteiger partial charge is 0.353 e. The Morgan fingerprint density at radius 3 is 2.62 bits per heavy atom. The van der Waals surface area contributed by atoms with Crippen LogP contribution in [-0.4, -0.2) is 32.0 Å². The van der Waals surface area contributed by atoms with E-state index in [0.717, 1.165) is 6.54 Å². The molecule has 0 aliphatic rings. The van der Waals surface area contributed by atoms with Crippen molar-refractivity contribution in [3.63, 3.8) is 0 Å². The molecule has 0 rings (SSSR count). The van der Waals surface area contributed by atoms with Crippen LogP contribution in [-0.2, 0) is 4.79 Å². The number of carbonyl (C=O) groups is 1. The Balaban J connectivity index is 2.81. The first kappa shape index (κ1) is 7.43. The van der Waals surface area contributed by atoms with Gasteiger partial charge in [0.15, 0.2) is 0 Å². The molecule has 1 amide bonds. The van der Waals surface area contributed by atoms with E-state index in [1.54, 1.807) is 6.54 Å². The molecule has 0 aromatic rings. The quantitative estimate of drug-likeness (QED) is 0.394. The molecule has 3 heteroatoms. The van der Waals surface area contributed by atoms with Crippen LogP contribution in [0, 0.1) is 6.54 Å². The third-order valence-electron chi connectivity index (χ3n) is 0.642. The fourth-order valence-electron chi connectivity index (χ4n) is 0.283. The Bertz CT molecular complexity index is 63.4. The lowest BCUT2D eigenvalue weighted by Gasteiger charge is -2.06. The Kier molecular flexibility index (Phi) is 4.26. The van der Waals surface area contributed by atoms with E-state index in [1.807, 2.05) is 19.0 Å². The molecule has 0 atom stereocenters. The van der Waals surface area contributed by atoms with E-state index in [4.69, 9.17) is 0 Å². The van der Waals surface area contributed by atoms with Crippen molar-refractivity contribution < 1.29 is 4.79 Å². The fourth-order valence-corrected chi connectivity index (χ4v) is 0.283. The van der Waals surface area contributed by atoms with Crippen molar-refractivity contribution >= 4 is 6.41 Å². The number of hydrogen-bond donors (Lipinski definition) is 1. The van der Waals surface area contributed by atoms with Crippen LogP contribution in [0.5, 0.6) is 0 Å². The molecular formula is C5H11N2O. The average molecular weight is 115 g/mol. The van der Waals surface area contributed by atoms with Gasteiger partial charge in [-0.3, -0.25) is 4.79 Å². The molecule has 0 aliphatic carbocycles. The Hall–Kier alpha value is -0.570. The van der Waals surface area contributed by atoms with Crippen LogP contribution in [0.3, 0.4) is 0 Å². The molecule has 0 spiro atoms. The lowest BCUT2D eigenvalue weighted by atomic mass is 10.6. The summed E-state index contributed by atoms with van der Waals surface area (Å²) < 4.78 is 0. The van der Waals surface area contributed by atoms with E-state index in [2.05, 4.69) is 5.32 Å².